The highest BCUT2D eigenvalue weighted by Gasteiger charge is 2.61. The van der Waals surface area contributed by atoms with Crippen molar-refractivity contribution in [3.8, 4) is 0 Å². The number of benzene rings is 1. The van der Waals surface area contributed by atoms with E-state index in [-0.39, 0.29) is 29.7 Å². The lowest BCUT2D eigenvalue weighted by Crippen LogP contribution is -2.52. The van der Waals surface area contributed by atoms with Crippen molar-refractivity contribution >= 4 is 22.6 Å². The molecule has 2 unspecified atom stereocenters. The number of nitrogen functional groups attached to an aromatic ring is 1. The van der Waals surface area contributed by atoms with Crippen molar-refractivity contribution in [3.05, 3.63) is 29.6 Å². The van der Waals surface area contributed by atoms with E-state index in [2.05, 4.69) is 4.99 Å². The third kappa shape index (κ3) is 1.72. The van der Waals surface area contributed by atoms with Crippen molar-refractivity contribution in [1.82, 2.24) is 0 Å². The van der Waals surface area contributed by atoms with Crippen LogP contribution in [0.3, 0.4) is 0 Å². The standard InChI is InChI=1S/C12H13F2N3OS/c13-9-2-1-7(15)3-8(9)12-5-18-4-11(12,14)6-19-10(16)17-12/h1-3H,4-6,15H2,(H2,16,17). The van der Waals surface area contributed by atoms with Crippen LogP contribution in [0.1, 0.15) is 5.56 Å². The molecule has 0 radical (unpaired) electrons. The molecule has 2 heterocycles. The number of hydrogen-bond acceptors (Lipinski definition) is 5. The first kappa shape index (κ1) is 12.7. The van der Waals surface area contributed by atoms with Crippen molar-refractivity contribution in [2.75, 3.05) is 24.7 Å². The van der Waals surface area contributed by atoms with E-state index in [1.807, 2.05) is 0 Å². The Morgan fingerprint density at radius 1 is 1.32 bits per heavy atom. The van der Waals surface area contributed by atoms with Crippen molar-refractivity contribution in [3.63, 3.8) is 0 Å². The predicted octanol–water partition coefficient (Wildman–Crippen LogP) is 1.40. The number of nitrogens with two attached hydrogens (primary N) is 2. The van der Waals surface area contributed by atoms with Gasteiger partial charge in [0, 0.05) is 17.0 Å². The van der Waals surface area contributed by atoms with Crippen LogP contribution in [0.5, 0.6) is 0 Å². The Hall–Kier alpha value is -1.34. The summed E-state index contributed by atoms with van der Waals surface area (Å²) in [7, 11) is 0. The molecule has 4 nitrogen and oxygen atoms in total. The molecule has 4 N–H and O–H groups in total. The molecule has 102 valence electrons. The van der Waals surface area contributed by atoms with E-state index < -0.39 is 17.0 Å². The first-order valence-corrected chi connectivity index (χ1v) is 6.76. The van der Waals surface area contributed by atoms with Crippen LogP contribution in [0.15, 0.2) is 23.2 Å². The quantitative estimate of drug-likeness (QED) is 0.765. The highest BCUT2D eigenvalue weighted by Crippen LogP contribution is 2.50. The molecule has 3 rings (SSSR count). The lowest BCUT2D eigenvalue weighted by molar-refractivity contribution is 0.109. The summed E-state index contributed by atoms with van der Waals surface area (Å²) in [6, 6.07) is 4.05. The van der Waals surface area contributed by atoms with Gasteiger partial charge < -0.3 is 16.2 Å². The first-order chi connectivity index (χ1) is 8.97. The van der Waals surface area contributed by atoms with Gasteiger partial charge in [0.15, 0.2) is 16.4 Å². The van der Waals surface area contributed by atoms with Crippen LogP contribution in [0.4, 0.5) is 14.5 Å². The SMILES string of the molecule is NC1=NC2(c3cc(N)ccc3F)COCC2(F)CS1. The third-order valence-corrected chi connectivity index (χ3v) is 4.56. The number of nitrogens with zero attached hydrogens (tertiary/aromatic N) is 1. The van der Waals surface area contributed by atoms with Gasteiger partial charge in [0.2, 0.25) is 0 Å². The topological polar surface area (TPSA) is 73.6 Å². The molecule has 0 aromatic heterocycles. The van der Waals surface area contributed by atoms with Crippen LogP contribution in [-0.2, 0) is 10.3 Å². The highest BCUT2D eigenvalue weighted by molar-refractivity contribution is 8.13. The van der Waals surface area contributed by atoms with E-state index in [9.17, 15) is 4.39 Å². The largest absolute Gasteiger partial charge is 0.399 e. The normalized spacial score (nSPS) is 33.9. The van der Waals surface area contributed by atoms with E-state index in [1.165, 1.54) is 18.2 Å². The maximum Gasteiger partial charge on any atom is 0.175 e. The van der Waals surface area contributed by atoms with Crippen LogP contribution < -0.4 is 11.5 Å². The Bertz CT molecular complexity index is 568. The molecule has 0 spiro atoms. The molecule has 0 amide bonds. The number of amidine groups is 1. The molecule has 2 atom stereocenters. The third-order valence-electron chi connectivity index (χ3n) is 3.57. The molecule has 0 aliphatic carbocycles. The number of halogens is 2. The van der Waals surface area contributed by atoms with Gasteiger partial charge in [0.1, 0.15) is 5.82 Å². The molecule has 0 saturated carbocycles. The maximum atomic E-state index is 15.1. The van der Waals surface area contributed by atoms with E-state index in [0.717, 1.165) is 11.8 Å². The summed E-state index contributed by atoms with van der Waals surface area (Å²) in [6.07, 6.45) is 0. The average Bonchev–Trinajstić information content (AvgIpc) is 2.70. The summed E-state index contributed by atoms with van der Waals surface area (Å²) in [4.78, 5) is 4.18. The Balaban J connectivity index is 2.24. The van der Waals surface area contributed by atoms with E-state index in [0.29, 0.717) is 5.69 Å². The van der Waals surface area contributed by atoms with Crippen molar-refractivity contribution in [1.29, 1.82) is 0 Å². The number of ether oxygens (including phenoxy) is 1. The first-order valence-electron chi connectivity index (χ1n) is 5.77. The van der Waals surface area contributed by atoms with E-state index >= 15 is 4.39 Å². The summed E-state index contributed by atoms with van der Waals surface area (Å²) < 4.78 is 34.4. The number of thioether (sulfide) groups is 1. The van der Waals surface area contributed by atoms with Gasteiger partial charge >= 0.3 is 0 Å². The summed E-state index contributed by atoms with van der Waals surface area (Å²) in [5.74, 6) is -0.457. The molecular formula is C12H13F2N3OS. The van der Waals surface area contributed by atoms with Gasteiger partial charge in [0.25, 0.3) is 0 Å². The molecule has 2 aliphatic heterocycles. The minimum absolute atomic E-state index is 0.0366. The number of aliphatic imine (C=N–C) groups is 1. The molecule has 1 aromatic carbocycles. The molecule has 7 heteroatoms. The Morgan fingerprint density at radius 3 is 2.89 bits per heavy atom. The summed E-state index contributed by atoms with van der Waals surface area (Å²) >= 11 is 1.12. The highest BCUT2D eigenvalue weighted by atomic mass is 32.2. The zero-order chi connectivity index (χ0) is 13.7. The van der Waals surface area contributed by atoms with E-state index in [1.54, 1.807) is 0 Å². The average molecular weight is 285 g/mol. The molecular weight excluding hydrogens is 272 g/mol. The number of alkyl halides is 1. The maximum absolute atomic E-state index is 15.1. The van der Waals surface area contributed by atoms with Gasteiger partial charge in [-0.2, -0.15) is 0 Å². The lowest BCUT2D eigenvalue weighted by Gasteiger charge is -2.38. The zero-order valence-electron chi connectivity index (χ0n) is 10.0. The predicted molar refractivity (Wildman–Crippen MR) is 71.2 cm³/mol. The Kier molecular flexibility index (Phi) is 2.72. The number of hydrogen-bond donors (Lipinski definition) is 2. The molecule has 2 aliphatic rings. The Morgan fingerprint density at radius 2 is 2.11 bits per heavy atom. The van der Waals surface area contributed by atoms with Crippen LogP contribution in [0, 0.1) is 5.82 Å². The van der Waals surface area contributed by atoms with Gasteiger partial charge in [-0.1, -0.05) is 11.8 Å². The monoisotopic (exact) mass is 285 g/mol. The summed E-state index contributed by atoms with van der Waals surface area (Å²) in [5.41, 5.74) is 8.64. The van der Waals surface area contributed by atoms with Gasteiger partial charge in [-0.15, -0.1) is 0 Å². The minimum Gasteiger partial charge on any atom is -0.399 e. The fourth-order valence-electron chi connectivity index (χ4n) is 2.55. The number of rotatable bonds is 1. The van der Waals surface area contributed by atoms with Gasteiger partial charge in [-0.25, -0.2) is 13.8 Å². The van der Waals surface area contributed by atoms with Crippen LogP contribution in [-0.4, -0.2) is 29.8 Å². The second-order valence-corrected chi connectivity index (χ2v) is 5.79. The van der Waals surface area contributed by atoms with Crippen LogP contribution in [0.2, 0.25) is 0 Å². The number of anilines is 1. The molecule has 1 fully saturated rings. The smallest absolute Gasteiger partial charge is 0.175 e. The lowest BCUT2D eigenvalue weighted by atomic mass is 9.79. The van der Waals surface area contributed by atoms with Crippen LogP contribution >= 0.6 is 11.8 Å². The molecule has 1 saturated heterocycles. The van der Waals surface area contributed by atoms with Gasteiger partial charge in [0.05, 0.1) is 13.2 Å². The molecule has 0 bridgehead atoms. The summed E-state index contributed by atoms with van der Waals surface area (Å²) in [6.45, 7) is -0.157. The van der Waals surface area contributed by atoms with Gasteiger partial charge in [-0.05, 0) is 18.2 Å². The summed E-state index contributed by atoms with van der Waals surface area (Å²) in [5, 5.41) is 0.237. The van der Waals surface area contributed by atoms with E-state index in [4.69, 9.17) is 16.2 Å². The minimum atomic E-state index is -1.77. The van der Waals surface area contributed by atoms with Gasteiger partial charge in [-0.3, -0.25) is 0 Å². The second kappa shape index (κ2) is 4.08. The van der Waals surface area contributed by atoms with Crippen molar-refractivity contribution in [2.45, 2.75) is 11.2 Å². The zero-order valence-corrected chi connectivity index (χ0v) is 10.8. The van der Waals surface area contributed by atoms with Crippen molar-refractivity contribution < 1.29 is 13.5 Å². The fourth-order valence-corrected chi connectivity index (χ4v) is 3.47. The number of fused-ring (bicyclic) bond motifs is 1. The van der Waals surface area contributed by atoms with Crippen LogP contribution in [0.25, 0.3) is 0 Å². The fraction of sp³-hybridized carbons (Fsp3) is 0.417. The second-order valence-electron chi connectivity index (χ2n) is 4.80. The molecule has 1 aromatic rings. The Labute approximate surface area is 113 Å². The molecule has 19 heavy (non-hydrogen) atoms. The van der Waals surface area contributed by atoms with Crippen molar-refractivity contribution in [2.24, 2.45) is 10.7 Å².